The van der Waals surface area contributed by atoms with Gasteiger partial charge in [-0.2, -0.15) is 0 Å². The number of carboxylic acid groups (broad SMARTS) is 1. The van der Waals surface area contributed by atoms with Crippen molar-refractivity contribution >= 4 is 17.8 Å². The fourth-order valence-electron chi connectivity index (χ4n) is 3.68. The Kier molecular flexibility index (Phi) is 4.10. The normalized spacial score (nSPS) is 30.2. The molecule has 0 aromatic heterocycles. The maximum Gasteiger partial charge on any atom is 0.321 e. The summed E-state index contributed by atoms with van der Waals surface area (Å²) in [6, 6.07) is -1.53. The number of piperidine rings is 1. The van der Waals surface area contributed by atoms with Crippen LogP contribution < -0.4 is 0 Å². The standard InChI is InChI=1S/C15H24N2O4/c1-9(2)17-11(18)8-10(13(17)19)16-7-5-6-15(3,4)12(16)14(20)21/h9-10,12H,5-8H2,1-4H3,(H,20,21). The summed E-state index contributed by atoms with van der Waals surface area (Å²) >= 11 is 0. The predicted molar refractivity (Wildman–Crippen MR) is 76.5 cm³/mol. The molecule has 0 aliphatic carbocycles. The van der Waals surface area contributed by atoms with Gasteiger partial charge in [0.2, 0.25) is 11.8 Å². The SMILES string of the molecule is CC(C)N1C(=O)CC(N2CCCC(C)(C)C2C(=O)O)C1=O. The van der Waals surface area contributed by atoms with Crippen molar-refractivity contribution in [3.05, 3.63) is 0 Å². The van der Waals surface area contributed by atoms with E-state index in [1.165, 1.54) is 4.90 Å². The minimum atomic E-state index is -0.914. The molecule has 21 heavy (non-hydrogen) atoms. The van der Waals surface area contributed by atoms with Crippen molar-refractivity contribution in [3.8, 4) is 0 Å². The highest BCUT2D eigenvalue weighted by Gasteiger charge is 2.51. The maximum absolute atomic E-state index is 12.5. The quantitative estimate of drug-likeness (QED) is 0.789. The van der Waals surface area contributed by atoms with Crippen LogP contribution in [0.15, 0.2) is 0 Å². The largest absolute Gasteiger partial charge is 0.480 e. The van der Waals surface area contributed by atoms with Crippen molar-refractivity contribution < 1.29 is 19.5 Å². The highest BCUT2D eigenvalue weighted by atomic mass is 16.4. The third-order valence-corrected chi connectivity index (χ3v) is 4.62. The van der Waals surface area contributed by atoms with E-state index in [-0.39, 0.29) is 24.3 Å². The van der Waals surface area contributed by atoms with Gasteiger partial charge in [0, 0.05) is 6.04 Å². The fourth-order valence-corrected chi connectivity index (χ4v) is 3.68. The van der Waals surface area contributed by atoms with Gasteiger partial charge in [-0.1, -0.05) is 13.8 Å². The third-order valence-electron chi connectivity index (χ3n) is 4.62. The molecule has 2 aliphatic rings. The van der Waals surface area contributed by atoms with Crippen LogP contribution in [0, 0.1) is 5.41 Å². The number of hydrogen-bond donors (Lipinski definition) is 1. The van der Waals surface area contributed by atoms with Crippen molar-refractivity contribution in [1.29, 1.82) is 0 Å². The lowest BCUT2D eigenvalue weighted by atomic mass is 9.75. The highest BCUT2D eigenvalue weighted by Crippen LogP contribution is 2.38. The van der Waals surface area contributed by atoms with E-state index < -0.39 is 23.5 Å². The molecular formula is C15H24N2O4. The molecule has 6 nitrogen and oxygen atoms in total. The molecule has 2 heterocycles. The summed E-state index contributed by atoms with van der Waals surface area (Å²) in [7, 11) is 0. The second kappa shape index (κ2) is 5.40. The van der Waals surface area contributed by atoms with Gasteiger partial charge >= 0.3 is 5.97 Å². The zero-order chi connectivity index (χ0) is 15.9. The average molecular weight is 296 g/mol. The number of imide groups is 1. The number of nitrogens with zero attached hydrogens (tertiary/aromatic N) is 2. The molecule has 2 atom stereocenters. The Hall–Kier alpha value is -1.43. The third kappa shape index (κ3) is 2.69. The van der Waals surface area contributed by atoms with Crippen molar-refractivity contribution in [2.24, 2.45) is 5.41 Å². The van der Waals surface area contributed by atoms with Crippen LogP contribution in [0.5, 0.6) is 0 Å². The molecule has 2 saturated heterocycles. The maximum atomic E-state index is 12.5. The number of amides is 2. The van der Waals surface area contributed by atoms with Crippen LogP contribution in [0.2, 0.25) is 0 Å². The molecule has 2 aliphatic heterocycles. The average Bonchev–Trinajstić information content (AvgIpc) is 2.62. The first kappa shape index (κ1) is 15.9. The molecule has 2 fully saturated rings. The van der Waals surface area contributed by atoms with Gasteiger partial charge in [0.15, 0.2) is 0 Å². The second-order valence-corrected chi connectivity index (χ2v) is 6.99. The summed E-state index contributed by atoms with van der Waals surface area (Å²) in [5.74, 6) is -1.37. The highest BCUT2D eigenvalue weighted by molar-refractivity contribution is 6.06. The lowest BCUT2D eigenvalue weighted by molar-refractivity contribution is -0.154. The molecule has 2 unspecified atom stereocenters. The molecule has 0 radical (unpaired) electrons. The molecule has 2 amide bonds. The van der Waals surface area contributed by atoms with Gasteiger partial charge in [0.05, 0.1) is 12.5 Å². The first-order valence-corrected chi connectivity index (χ1v) is 7.51. The second-order valence-electron chi connectivity index (χ2n) is 6.99. The van der Waals surface area contributed by atoms with Crippen LogP contribution in [-0.4, -0.2) is 57.4 Å². The number of likely N-dealkylation sites (tertiary alicyclic amines) is 2. The zero-order valence-corrected chi connectivity index (χ0v) is 13.1. The van der Waals surface area contributed by atoms with Crippen molar-refractivity contribution in [2.75, 3.05) is 6.54 Å². The molecular weight excluding hydrogens is 272 g/mol. The number of rotatable bonds is 3. The van der Waals surface area contributed by atoms with E-state index in [2.05, 4.69) is 0 Å². The van der Waals surface area contributed by atoms with Gasteiger partial charge in [-0.25, -0.2) is 0 Å². The minimum Gasteiger partial charge on any atom is -0.480 e. The molecule has 0 spiro atoms. The van der Waals surface area contributed by atoms with E-state index in [0.29, 0.717) is 6.54 Å². The van der Waals surface area contributed by atoms with Crippen molar-refractivity contribution in [1.82, 2.24) is 9.80 Å². The zero-order valence-electron chi connectivity index (χ0n) is 13.1. The Balaban J connectivity index is 2.30. The molecule has 0 aromatic carbocycles. The molecule has 1 N–H and O–H groups in total. The van der Waals surface area contributed by atoms with Crippen LogP contribution in [0.4, 0.5) is 0 Å². The minimum absolute atomic E-state index is 0.0941. The van der Waals surface area contributed by atoms with E-state index in [1.54, 1.807) is 18.7 Å². The number of carboxylic acids is 1. The summed E-state index contributed by atoms with van der Waals surface area (Å²) in [6.45, 7) is 7.98. The Labute approximate surface area is 125 Å². The first-order chi connectivity index (χ1) is 9.66. The molecule has 118 valence electrons. The van der Waals surface area contributed by atoms with Gasteiger partial charge in [0.25, 0.3) is 0 Å². The van der Waals surface area contributed by atoms with Crippen LogP contribution in [0.1, 0.15) is 47.0 Å². The Morgan fingerprint density at radius 2 is 1.95 bits per heavy atom. The van der Waals surface area contributed by atoms with Crippen LogP contribution >= 0.6 is 0 Å². The van der Waals surface area contributed by atoms with E-state index in [1.807, 2.05) is 13.8 Å². The van der Waals surface area contributed by atoms with E-state index in [4.69, 9.17) is 0 Å². The number of carbonyl (C=O) groups is 3. The summed E-state index contributed by atoms with van der Waals surface area (Å²) in [5, 5.41) is 9.58. The summed E-state index contributed by atoms with van der Waals surface area (Å²) in [5.41, 5.74) is -0.404. The topological polar surface area (TPSA) is 77.9 Å². The van der Waals surface area contributed by atoms with Crippen molar-refractivity contribution in [2.45, 2.75) is 65.1 Å². The number of carbonyl (C=O) groups excluding carboxylic acids is 2. The Morgan fingerprint density at radius 1 is 1.33 bits per heavy atom. The fraction of sp³-hybridized carbons (Fsp3) is 0.800. The van der Waals surface area contributed by atoms with Crippen molar-refractivity contribution in [3.63, 3.8) is 0 Å². The van der Waals surface area contributed by atoms with Gasteiger partial charge in [0.1, 0.15) is 6.04 Å². The van der Waals surface area contributed by atoms with E-state index in [9.17, 15) is 19.5 Å². The first-order valence-electron chi connectivity index (χ1n) is 7.51. The van der Waals surface area contributed by atoms with Crippen LogP contribution in [0.3, 0.4) is 0 Å². The van der Waals surface area contributed by atoms with Gasteiger partial charge < -0.3 is 5.11 Å². The van der Waals surface area contributed by atoms with E-state index in [0.717, 1.165) is 12.8 Å². The van der Waals surface area contributed by atoms with E-state index >= 15 is 0 Å². The van der Waals surface area contributed by atoms with Crippen LogP contribution in [-0.2, 0) is 14.4 Å². The summed E-state index contributed by atoms with van der Waals surface area (Å²) in [6.07, 6.45) is 1.75. The monoisotopic (exact) mass is 296 g/mol. The smallest absolute Gasteiger partial charge is 0.321 e. The van der Waals surface area contributed by atoms with Gasteiger partial charge in [-0.3, -0.25) is 24.2 Å². The summed E-state index contributed by atoms with van der Waals surface area (Å²) < 4.78 is 0. The number of hydrogen-bond acceptors (Lipinski definition) is 4. The molecule has 2 rings (SSSR count). The lowest BCUT2D eigenvalue weighted by Crippen LogP contribution is -2.59. The predicted octanol–water partition coefficient (Wildman–Crippen LogP) is 1.10. The Bertz CT molecular complexity index is 472. The molecule has 0 saturated carbocycles. The molecule has 6 heteroatoms. The van der Waals surface area contributed by atoms with Gasteiger partial charge in [-0.15, -0.1) is 0 Å². The summed E-state index contributed by atoms with van der Waals surface area (Å²) in [4.78, 5) is 39.2. The molecule has 0 aromatic rings. The van der Waals surface area contributed by atoms with Crippen LogP contribution in [0.25, 0.3) is 0 Å². The van der Waals surface area contributed by atoms with Gasteiger partial charge in [-0.05, 0) is 38.6 Å². The lowest BCUT2D eigenvalue weighted by Gasteiger charge is -2.45. The Morgan fingerprint density at radius 3 is 2.43 bits per heavy atom. The number of aliphatic carboxylic acids is 1. The molecule has 0 bridgehead atoms.